The van der Waals surface area contributed by atoms with E-state index in [9.17, 15) is 4.79 Å². The van der Waals surface area contributed by atoms with Crippen LogP contribution in [-0.2, 0) is 20.7 Å². The van der Waals surface area contributed by atoms with Gasteiger partial charge in [0.15, 0.2) is 0 Å². The third-order valence-electron chi connectivity index (χ3n) is 3.28. The van der Waals surface area contributed by atoms with Crippen molar-refractivity contribution in [2.45, 2.75) is 20.3 Å². The summed E-state index contributed by atoms with van der Waals surface area (Å²) in [6.07, 6.45) is 3.31. The van der Waals surface area contributed by atoms with Crippen molar-refractivity contribution in [2.24, 2.45) is 5.73 Å². The molecule has 0 saturated carbocycles. The van der Waals surface area contributed by atoms with Crippen molar-refractivity contribution in [1.82, 2.24) is 0 Å². The third-order valence-corrected chi connectivity index (χ3v) is 4.03. The molecule has 0 aliphatic rings. The molecule has 5 nitrogen and oxygen atoms in total. The topological polar surface area (TPSA) is 73.6 Å². The fourth-order valence-electron chi connectivity index (χ4n) is 2.02. The lowest BCUT2D eigenvalue weighted by atomic mass is 10.1. The van der Waals surface area contributed by atoms with E-state index in [2.05, 4.69) is 18.8 Å². The van der Waals surface area contributed by atoms with Crippen LogP contribution in [0, 0.1) is 6.92 Å². The van der Waals surface area contributed by atoms with Gasteiger partial charge in [-0.3, -0.25) is 4.79 Å². The van der Waals surface area contributed by atoms with Gasteiger partial charge < -0.3 is 20.5 Å². The molecule has 154 valence electrons. The van der Waals surface area contributed by atoms with Crippen LogP contribution in [0.1, 0.15) is 19.4 Å². The minimum Gasteiger partial charge on any atom is -0.463 e. The highest BCUT2D eigenvalue weighted by Gasteiger charge is 2.12. The lowest BCUT2D eigenvalue weighted by Crippen LogP contribution is -2.16. The molecule has 0 aliphatic heterocycles. The summed E-state index contributed by atoms with van der Waals surface area (Å²) < 4.78 is 10.3. The van der Waals surface area contributed by atoms with Gasteiger partial charge in [-0.15, -0.1) is 0 Å². The first-order valence-corrected chi connectivity index (χ1v) is 9.62. The predicted octanol–water partition coefficient (Wildman–Crippen LogP) is 4.78. The van der Waals surface area contributed by atoms with E-state index in [1.54, 1.807) is 19.9 Å². The molecule has 0 bridgehead atoms. The van der Waals surface area contributed by atoms with Crippen molar-refractivity contribution < 1.29 is 14.3 Å². The highest BCUT2D eigenvalue weighted by Crippen LogP contribution is 2.26. The first-order chi connectivity index (χ1) is 13.5. The number of carbonyl (C=O) groups excluding carboxylic acids is 1. The molecular weight excluding hydrogens is 399 g/mol. The van der Waals surface area contributed by atoms with Crippen molar-refractivity contribution in [3.8, 4) is 0 Å². The second-order valence-electron chi connectivity index (χ2n) is 5.14. The number of benzene rings is 1. The number of halogens is 2. The molecule has 0 fully saturated rings. The van der Waals surface area contributed by atoms with Crippen LogP contribution < -0.4 is 11.1 Å². The van der Waals surface area contributed by atoms with Crippen molar-refractivity contribution in [1.29, 1.82) is 0 Å². The molecule has 0 unspecified atom stereocenters. The van der Waals surface area contributed by atoms with Crippen LogP contribution in [0.15, 0.2) is 58.8 Å². The number of hydrogen-bond acceptors (Lipinski definition) is 5. The highest BCUT2D eigenvalue weighted by molar-refractivity contribution is 6.36. The van der Waals surface area contributed by atoms with Gasteiger partial charge >= 0.3 is 5.97 Å². The largest absolute Gasteiger partial charge is 0.463 e. The van der Waals surface area contributed by atoms with Crippen LogP contribution in [0.5, 0.6) is 0 Å². The average Bonchev–Trinajstić information content (AvgIpc) is 2.73. The van der Waals surface area contributed by atoms with E-state index >= 15 is 0 Å². The fourth-order valence-corrected chi connectivity index (χ4v) is 2.36. The predicted molar refractivity (Wildman–Crippen MR) is 118 cm³/mol. The van der Waals surface area contributed by atoms with Crippen LogP contribution >= 0.6 is 23.2 Å². The fraction of sp³-hybridized carbons (Fsp3) is 0.333. The number of hydrogen-bond donors (Lipinski definition) is 2. The van der Waals surface area contributed by atoms with E-state index in [0.717, 1.165) is 5.56 Å². The number of ether oxygens (including phenoxy) is 2. The van der Waals surface area contributed by atoms with E-state index in [0.29, 0.717) is 41.2 Å². The molecule has 0 atom stereocenters. The number of nitrogens with one attached hydrogen (secondary N) is 1. The van der Waals surface area contributed by atoms with Crippen molar-refractivity contribution in [2.75, 3.05) is 31.7 Å². The van der Waals surface area contributed by atoms with E-state index in [4.69, 9.17) is 38.4 Å². The summed E-state index contributed by atoms with van der Waals surface area (Å²) in [5, 5.41) is 3.99. The van der Waals surface area contributed by atoms with E-state index in [1.807, 2.05) is 24.3 Å². The molecule has 1 rings (SSSR count). The van der Waals surface area contributed by atoms with E-state index in [-0.39, 0.29) is 19.0 Å². The molecule has 0 saturated heterocycles. The first-order valence-electron chi connectivity index (χ1n) is 8.86. The Hall–Kier alpha value is -1.92. The van der Waals surface area contributed by atoms with Gasteiger partial charge in [0.25, 0.3) is 0 Å². The smallest absolute Gasteiger partial charge is 0.310 e. The second kappa shape index (κ2) is 16.1. The van der Waals surface area contributed by atoms with Gasteiger partial charge in [0.2, 0.25) is 0 Å². The summed E-state index contributed by atoms with van der Waals surface area (Å²) in [6, 6.07) is 7.35. The first kappa shape index (κ1) is 26.1. The summed E-state index contributed by atoms with van der Waals surface area (Å²) >= 11 is 12.4. The summed E-state index contributed by atoms with van der Waals surface area (Å²) in [4.78, 5) is 12.0. The Labute approximate surface area is 178 Å². The van der Waals surface area contributed by atoms with E-state index in [1.165, 1.54) is 6.08 Å². The van der Waals surface area contributed by atoms with Gasteiger partial charge in [-0.25, -0.2) is 0 Å². The van der Waals surface area contributed by atoms with Gasteiger partial charge in [0.1, 0.15) is 6.61 Å². The highest BCUT2D eigenvalue weighted by atomic mass is 35.5. The molecule has 1 aromatic rings. The maximum Gasteiger partial charge on any atom is 0.310 e. The lowest BCUT2D eigenvalue weighted by molar-refractivity contribution is -0.144. The molecule has 0 aromatic heterocycles. The molecule has 1 aromatic carbocycles. The van der Waals surface area contributed by atoms with E-state index < -0.39 is 0 Å². The van der Waals surface area contributed by atoms with Crippen LogP contribution in [-0.4, -0.2) is 32.3 Å². The summed E-state index contributed by atoms with van der Waals surface area (Å²) in [6.45, 7) is 11.8. The molecule has 0 amide bonds. The minimum absolute atomic E-state index is 0.104. The molecular formula is C21H29Cl2N2O3+. The molecule has 0 heterocycles. The number of anilines is 1. The van der Waals surface area contributed by atoms with Gasteiger partial charge in [0.05, 0.1) is 49.2 Å². The van der Waals surface area contributed by atoms with Gasteiger partial charge in [-0.2, -0.15) is 0 Å². The Morgan fingerprint density at radius 2 is 1.93 bits per heavy atom. The summed E-state index contributed by atoms with van der Waals surface area (Å²) in [5.41, 5.74) is 7.30. The average molecular weight is 428 g/mol. The summed E-state index contributed by atoms with van der Waals surface area (Å²) in [5.74, 6) is -0.354. The van der Waals surface area contributed by atoms with Crippen LogP contribution in [0.2, 0.25) is 0 Å². The third kappa shape index (κ3) is 9.85. The van der Waals surface area contributed by atoms with Crippen molar-refractivity contribution in [3.63, 3.8) is 0 Å². The molecule has 0 aliphatic carbocycles. The molecule has 0 spiro atoms. The van der Waals surface area contributed by atoms with Gasteiger partial charge in [0, 0.05) is 12.2 Å². The van der Waals surface area contributed by atoms with Crippen LogP contribution in [0.3, 0.4) is 0 Å². The Kier molecular flexibility index (Phi) is 15.0. The number of rotatable bonds is 11. The molecule has 7 heteroatoms. The minimum atomic E-state index is -0.354. The summed E-state index contributed by atoms with van der Waals surface area (Å²) in [7, 11) is 0. The Bertz CT molecular complexity index is 673. The standard InChI is InChI=1S/C19H24Cl2N2O3.C2H5/c1-3-15(20)19(16(21)4-2)23-17-8-6-5-7-14(17)13-18(24)26-12-11-25-10-9-22;1-2/h3-8,23H,1,9-13,22H2,2H3;1H2,2H3/q;+1/b16-4+,19-15-;. The lowest BCUT2D eigenvalue weighted by Gasteiger charge is -2.15. The zero-order chi connectivity index (χ0) is 21.4. The number of nitrogens with two attached hydrogens (primary N) is 1. The van der Waals surface area contributed by atoms with Gasteiger partial charge in [-0.05, 0) is 24.6 Å². The monoisotopic (exact) mass is 427 g/mol. The normalized spacial score (nSPS) is 11.7. The number of carbonyl (C=O) groups is 1. The molecule has 28 heavy (non-hydrogen) atoms. The Morgan fingerprint density at radius 1 is 1.25 bits per heavy atom. The second-order valence-corrected chi connectivity index (χ2v) is 5.96. The zero-order valence-electron chi connectivity index (χ0n) is 16.5. The Balaban J connectivity index is 0.00000352. The number of para-hydroxylation sites is 1. The molecule has 3 N–H and O–H groups in total. The number of allylic oxidation sites excluding steroid dienone is 4. The molecule has 0 radical (unpaired) electrons. The Morgan fingerprint density at radius 3 is 2.54 bits per heavy atom. The van der Waals surface area contributed by atoms with Crippen LogP contribution in [0.25, 0.3) is 0 Å². The number of esters is 1. The zero-order valence-corrected chi connectivity index (χ0v) is 18.0. The van der Waals surface area contributed by atoms with Crippen molar-refractivity contribution in [3.05, 3.63) is 71.2 Å². The van der Waals surface area contributed by atoms with Crippen molar-refractivity contribution >= 4 is 34.9 Å². The maximum atomic E-state index is 12.0. The van der Waals surface area contributed by atoms with Gasteiger partial charge in [-0.1, -0.05) is 54.1 Å². The van der Waals surface area contributed by atoms with Crippen LogP contribution in [0.4, 0.5) is 5.69 Å². The quantitative estimate of drug-likeness (QED) is 0.230. The SMILES string of the molecule is C=C/C(Cl)=C(Nc1ccccc1CC(=O)OCCOCCN)\C(Cl)=C/C.[CH2+]C. The maximum absolute atomic E-state index is 12.0.